The molecule has 1 atom stereocenters. The van der Waals surface area contributed by atoms with Crippen LogP contribution in [0.4, 0.5) is 5.69 Å². The number of aliphatic hydroxyl groups is 1. The quantitative estimate of drug-likeness (QED) is 0.254. The molecule has 1 unspecified atom stereocenters. The van der Waals surface area contributed by atoms with Crippen LogP contribution in [0.25, 0.3) is 10.8 Å². The molecule has 35 heavy (non-hydrogen) atoms. The van der Waals surface area contributed by atoms with Gasteiger partial charge in [0.25, 0.3) is 0 Å². The Morgan fingerprint density at radius 1 is 0.886 bits per heavy atom. The molecule has 0 heterocycles. The first-order valence-corrected chi connectivity index (χ1v) is 11.8. The Morgan fingerprint density at radius 2 is 1.60 bits per heavy atom. The summed E-state index contributed by atoms with van der Waals surface area (Å²) in [5, 5.41) is 13.5. The SMILES string of the molecule is COc1ccccc1N=C1CC(c2ccccc2)CC(=O)/C1=C(/O)Cc1cccc2ccccc12. The van der Waals surface area contributed by atoms with E-state index in [4.69, 9.17) is 9.73 Å². The Hall–Kier alpha value is -4.18. The highest BCUT2D eigenvalue weighted by molar-refractivity contribution is 6.25. The van der Waals surface area contributed by atoms with E-state index < -0.39 is 0 Å². The Balaban J connectivity index is 1.60. The number of hydrogen-bond acceptors (Lipinski definition) is 4. The highest BCUT2D eigenvalue weighted by Crippen LogP contribution is 2.36. The maximum atomic E-state index is 13.5. The van der Waals surface area contributed by atoms with Crippen molar-refractivity contribution in [1.82, 2.24) is 0 Å². The first kappa shape index (κ1) is 22.6. The van der Waals surface area contributed by atoms with Gasteiger partial charge in [0, 0.05) is 12.8 Å². The Kier molecular flexibility index (Phi) is 6.44. The van der Waals surface area contributed by atoms with Gasteiger partial charge >= 0.3 is 0 Å². The lowest BCUT2D eigenvalue weighted by Crippen LogP contribution is -2.27. The van der Waals surface area contributed by atoms with Crippen molar-refractivity contribution in [3.05, 3.63) is 120 Å². The average Bonchev–Trinajstić information content (AvgIpc) is 2.89. The molecule has 1 saturated carbocycles. The molecule has 1 N–H and O–H groups in total. The monoisotopic (exact) mass is 461 g/mol. The molecule has 0 spiro atoms. The van der Waals surface area contributed by atoms with Gasteiger partial charge in [-0.2, -0.15) is 0 Å². The largest absolute Gasteiger partial charge is 0.511 e. The Morgan fingerprint density at radius 3 is 2.43 bits per heavy atom. The van der Waals surface area contributed by atoms with Crippen LogP contribution in [0.5, 0.6) is 5.75 Å². The molecule has 4 heteroatoms. The molecule has 0 amide bonds. The van der Waals surface area contributed by atoms with Crippen LogP contribution in [0, 0.1) is 0 Å². The third-order valence-electron chi connectivity index (χ3n) is 6.58. The highest BCUT2D eigenvalue weighted by Gasteiger charge is 2.32. The number of Topliss-reactive ketones (excluding diaryl/α,β-unsaturated/α-hetero) is 1. The molecule has 174 valence electrons. The first-order chi connectivity index (χ1) is 17.1. The van der Waals surface area contributed by atoms with E-state index in [1.54, 1.807) is 7.11 Å². The Labute approximate surface area is 205 Å². The van der Waals surface area contributed by atoms with Crippen molar-refractivity contribution < 1.29 is 14.6 Å². The number of para-hydroxylation sites is 2. The lowest BCUT2D eigenvalue weighted by molar-refractivity contribution is -0.115. The molecule has 1 fully saturated rings. The molecule has 4 aromatic rings. The summed E-state index contributed by atoms with van der Waals surface area (Å²) in [6.07, 6.45) is 1.16. The summed E-state index contributed by atoms with van der Waals surface area (Å²) in [7, 11) is 1.60. The van der Waals surface area contributed by atoms with Gasteiger partial charge in [-0.1, -0.05) is 84.9 Å². The second-order valence-electron chi connectivity index (χ2n) is 8.81. The van der Waals surface area contributed by atoms with Gasteiger partial charge in [-0.05, 0) is 46.4 Å². The number of aliphatic hydroxyl groups excluding tert-OH is 1. The van der Waals surface area contributed by atoms with Crippen molar-refractivity contribution >= 4 is 28.0 Å². The van der Waals surface area contributed by atoms with Crippen molar-refractivity contribution in [1.29, 1.82) is 0 Å². The zero-order chi connectivity index (χ0) is 24.2. The molecule has 0 aromatic heterocycles. The number of allylic oxidation sites excluding steroid dienone is 2. The van der Waals surface area contributed by atoms with E-state index in [1.807, 2.05) is 97.1 Å². The van der Waals surface area contributed by atoms with E-state index in [0.29, 0.717) is 35.6 Å². The topological polar surface area (TPSA) is 58.9 Å². The van der Waals surface area contributed by atoms with Crippen LogP contribution in [0.1, 0.15) is 29.9 Å². The minimum Gasteiger partial charge on any atom is -0.511 e. The molecular weight excluding hydrogens is 434 g/mol. The minimum atomic E-state index is -0.0866. The van der Waals surface area contributed by atoms with E-state index in [-0.39, 0.29) is 23.9 Å². The number of ether oxygens (including phenoxy) is 1. The van der Waals surface area contributed by atoms with Crippen LogP contribution in [0.2, 0.25) is 0 Å². The van der Waals surface area contributed by atoms with Crippen LogP contribution < -0.4 is 4.74 Å². The van der Waals surface area contributed by atoms with Crippen molar-refractivity contribution in [3.8, 4) is 5.75 Å². The van der Waals surface area contributed by atoms with Crippen molar-refractivity contribution in [2.24, 2.45) is 4.99 Å². The van der Waals surface area contributed by atoms with Crippen molar-refractivity contribution in [2.45, 2.75) is 25.2 Å². The summed E-state index contributed by atoms with van der Waals surface area (Å²) in [6.45, 7) is 0. The first-order valence-electron chi connectivity index (χ1n) is 11.8. The fourth-order valence-electron chi connectivity index (χ4n) is 4.87. The van der Waals surface area contributed by atoms with Crippen LogP contribution in [-0.4, -0.2) is 23.7 Å². The maximum absolute atomic E-state index is 13.5. The minimum absolute atomic E-state index is 0.00580. The number of fused-ring (bicyclic) bond motifs is 1. The van der Waals surface area contributed by atoms with Crippen LogP contribution >= 0.6 is 0 Å². The lowest BCUT2D eigenvalue weighted by atomic mass is 9.78. The molecule has 1 aliphatic rings. The van der Waals surface area contributed by atoms with Crippen molar-refractivity contribution in [2.75, 3.05) is 7.11 Å². The van der Waals surface area contributed by atoms with Gasteiger partial charge in [0.05, 0.1) is 18.4 Å². The smallest absolute Gasteiger partial charge is 0.168 e. The van der Waals surface area contributed by atoms with Gasteiger partial charge in [0.1, 0.15) is 17.2 Å². The number of benzene rings is 4. The predicted octanol–water partition coefficient (Wildman–Crippen LogP) is 7.12. The molecule has 1 aliphatic carbocycles. The highest BCUT2D eigenvalue weighted by atomic mass is 16.5. The fraction of sp³-hybridized carbons (Fsp3) is 0.161. The number of methoxy groups -OCH3 is 1. The molecule has 0 radical (unpaired) electrons. The van der Waals surface area contributed by atoms with E-state index in [1.165, 1.54) is 0 Å². The maximum Gasteiger partial charge on any atom is 0.168 e. The second-order valence-corrected chi connectivity index (χ2v) is 8.81. The molecule has 0 saturated heterocycles. The molecule has 0 bridgehead atoms. The van der Waals surface area contributed by atoms with Crippen LogP contribution in [0.15, 0.2) is 113 Å². The number of carbonyl (C=O) groups is 1. The lowest BCUT2D eigenvalue weighted by Gasteiger charge is -2.26. The molecule has 0 aliphatic heterocycles. The molecule has 4 aromatic carbocycles. The van der Waals surface area contributed by atoms with Crippen LogP contribution in [0.3, 0.4) is 0 Å². The van der Waals surface area contributed by atoms with Crippen molar-refractivity contribution in [3.63, 3.8) is 0 Å². The van der Waals surface area contributed by atoms with E-state index in [0.717, 1.165) is 21.9 Å². The standard InChI is InChI=1S/C31H27NO3/c1-35-30-17-8-7-16-26(30)32-27-18-24(21-10-3-2-4-11-21)20-29(34)31(27)28(33)19-23-14-9-13-22-12-5-6-15-25(22)23/h2-17,24,33H,18-20H2,1H3/b31-28+,32-27?. The van der Waals surface area contributed by atoms with Gasteiger partial charge in [0.2, 0.25) is 0 Å². The summed E-state index contributed by atoms with van der Waals surface area (Å²) in [6, 6.07) is 31.6. The summed E-state index contributed by atoms with van der Waals surface area (Å²) in [4.78, 5) is 18.4. The number of ketones is 1. The zero-order valence-electron chi connectivity index (χ0n) is 19.6. The van der Waals surface area contributed by atoms with Gasteiger partial charge < -0.3 is 9.84 Å². The summed E-state index contributed by atoms with van der Waals surface area (Å²) < 4.78 is 5.49. The number of nitrogens with zero attached hydrogens (tertiary/aromatic N) is 1. The van der Waals surface area contributed by atoms with E-state index >= 15 is 0 Å². The third-order valence-corrected chi connectivity index (χ3v) is 6.58. The summed E-state index contributed by atoms with van der Waals surface area (Å²) >= 11 is 0. The fourth-order valence-corrected chi connectivity index (χ4v) is 4.87. The van der Waals surface area contributed by atoms with Gasteiger partial charge in [-0.3, -0.25) is 4.79 Å². The van der Waals surface area contributed by atoms with Gasteiger partial charge in [-0.25, -0.2) is 4.99 Å². The number of carbonyl (C=O) groups excluding carboxylic acids is 1. The van der Waals surface area contributed by atoms with Gasteiger partial charge in [-0.15, -0.1) is 0 Å². The number of rotatable bonds is 5. The molecule has 4 nitrogen and oxygen atoms in total. The average molecular weight is 462 g/mol. The van der Waals surface area contributed by atoms with Crippen LogP contribution in [-0.2, 0) is 11.2 Å². The molecule has 5 rings (SSSR count). The summed E-state index contributed by atoms with van der Waals surface area (Å²) in [5.41, 5.74) is 3.64. The van der Waals surface area contributed by atoms with Gasteiger partial charge in [0.15, 0.2) is 5.78 Å². The third kappa shape index (κ3) is 4.73. The van der Waals surface area contributed by atoms with E-state index in [2.05, 4.69) is 0 Å². The normalized spacial score (nSPS) is 18.6. The number of hydrogen-bond donors (Lipinski definition) is 1. The molecular formula is C31H27NO3. The second kappa shape index (κ2) is 9.98. The zero-order valence-corrected chi connectivity index (χ0v) is 19.6. The predicted molar refractivity (Wildman–Crippen MR) is 141 cm³/mol. The Bertz CT molecular complexity index is 1430. The number of aliphatic imine (C=N–C) groups is 1. The summed E-state index contributed by atoms with van der Waals surface area (Å²) in [5.74, 6) is 0.608. The van der Waals surface area contributed by atoms with E-state index in [9.17, 15) is 9.90 Å².